The first-order valence-electron chi connectivity index (χ1n) is 7.70. The molecule has 6 heteroatoms. The number of nitrogens with zero attached hydrogens (tertiary/aromatic N) is 4. The summed E-state index contributed by atoms with van der Waals surface area (Å²) in [5, 5.41) is 10.5. The van der Waals surface area contributed by atoms with Gasteiger partial charge in [0.05, 0.1) is 38.9 Å². The highest BCUT2D eigenvalue weighted by atomic mass is 32.2. The first-order valence-corrected chi connectivity index (χ1v) is 8.93. The molecule has 0 atom stereocenters. The second-order valence-corrected chi connectivity index (χ2v) is 6.45. The third-order valence-corrected chi connectivity index (χ3v) is 4.68. The zero-order chi connectivity index (χ0) is 16.2. The number of nitriles is 1. The number of quaternary nitrogens is 1. The van der Waals surface area contributed by atoms with Crippen molar-refractivity contribution in [3.8, 4) is 17.3 Å². The van der Waals surface area contributed by atoms with E-state index in [0.29, 0.717) is 10.7 Å². The number of anilines is 1. The van der Waals surface area contributed by atoms with Gasteiger partial charge in [0, 0.05) is 5.56 Å². The number of aromatic nitrogens is 2. The maximum Gasteiger partial charge on any atom is 0.189 e. The van der Waals surface area contributed by atoms with Crippen LogP contribution in [0.15, 0.2) is 35.5 Å². The Balaban J connectivity index is 2.10. The monoisotopic (exact) mass is 326 g/mol. The van der Waals surface area contributed by atoms with Gasteiger partial charge in [-0.05, 0) is 6.26 Å². The third kappa shape index (κ3) is 3.31. The van der Waals surface area contributed by atoms with Crippen molar-refractivity contribution in [1.29, 1.82) is 5.26 Å². The molecule has 118 valence electrons. The molecule has 5 nitrogen and oxygen atoms in total. The van der Waals surface area contributed by atoms with Gasteiger partial charge in [0.25, 0.3) is 0 Å². The molecule has 0 unspecified atom stereocenters. The molecule has 1 saturated heterocycles. The summed E-state index contributed by atoms with van der Waals surface area (Å²) >= 11 is 1.51. The van der Waals surface area contributed by atoms with Gasteiger partial charge < -0.3 is 9.80 Å². The molecular weight excluding hydrogens is 306 g/mol. The summed E-state index contributed by atoms with van der Waals surface area (Å²) in [5.74, 6) is 0.776. The van der Waals surface area contributed by atoms with E-state index < -0.39 is 0 Å². The minimum absolute atomic E-state index is 0.577. The van der Waals surface area contributed by atoms with E-state index in [4.69, 9.17) is 0 Å². The van der Waals surface area contributed by atoms with E-state index in [-0.39, 0.29) is 0 Å². The largest absolute Gasteiger partial charge is 0.344 e. The summed E-state index contributed by atoms with van der Waals surface area (Å²) in [6, 6.07) is 12.2. The summed E-state index contributed by atoms with van der Waals surface area (Å²) in [6.07, 6.45) is 1.97. The summed E-state index contributed by atoms with van der Waals surface area (Å²) in [5.41, 5.74) is 2.27. The number of hydrogen-bond acceptors (Lipinski definition) is 5. The van der Waals surface area contributed by atoms with Crippen LogP contribution >= 0.6 is 11.8 Å². The molecule has 1 N–H and O–H groups in total. The van der Waals surface area contributed by atoms with Gasteiger partial charge in [0.1, 0.15) is 11.6 Å². The van der Waals surface area contributed by atoms with Gasteiger partial charge in [-0.2, -0.15) is 5.26 Å². The molecule has 0 amide bonds. The van der Waals surface area contributed by atoms with E-state index in [0.717, 1.165) is 43.3 Å². The zero-order valence-electron chi connectivity index (χ0n) is 13.4. The highest BCUT2D eigenvalue weighted by Gasteiger charge is 2.24. The summed E-state index contributed by atoms with van der Waals surface area (Å²) in [7, 11) is 2.20. The molecule has 1 fully saturated rings. The van der Waals surface area contributed by atoms with Crippen LogP contribution in [0.3, 0.4) is 0 Å². The lowest BCUT2D eigenvalue weighted by molar-refractivity contribution is -0.880. The molecule has 0 radical (unpaired) electrons. The van der Waals surface area contributed by atoms with Gasteiger partial charge >= 0.3 is 0 Å². The average molecular weight is 326 g/mol. The maximum atomic E-state index is 9.74. The van der Waals surface area contributed by atoms with Crippen LogP contribution in [0, 0.1) is 11.3 Å². The number of piperazine rings is 1. The van der Waals surface area contributed by atoms with Crippen molar-refractivity contribution < 1.29 is 4.90 Å². The van der Waals surface area contributed by atoms with Crippen molar-refractivity contribution in [2.24, 2.45) is 0 Å². The topological polar surface area (TPSA) is 57.2 Å². The molecule has 0 saturated carbocycles. The standard InChI is InChI=1S/C17H19N5S/c1-21-8-10-22(11-9-21)16-14(12-18)15(19-17(20-16)23-2)13-6-4-3-5-7-13/h3-7H,8-11H2,1-2H3/p+1. The molecule has 2 aromatic rings. The Morgan fingerprint density at radius 2 is 1.87 bits per heavy atom. The van der Waals surface area contributed by atoms with Crippen LogP contribution in [0.5, 0.6) is 0 Å². The number of likely N-dealkylation sites (N-methyl/N-ethyl adjacent to an activating group) is 1. The van der Waals surface area contributed by atoms with Crippen molar-refractivity contribution in [1.82, 2.24) is 9.97 Å². The molecule has 0 aliphatic carbocycles. The molecule has 1 aliphatic heterocycles. The van der Waals surface area contributed by atoms with E-state index in [2.05, 4.69) is 28.0 Å². The van der Waals surface area contributed by atoms with Crippen LogP contribution in [0.4, 0.5) is 5.82 Å². The highest BCUT2D eigenvalue weighted by molar-refractivity contribution is 7.98. The van der Waals surface area contributed by atoms with Gasteiger partial charge in [0.15, 0.2) is 11.0 Å². The Labute approximate surface area is 141 Å². The van der Waals surface area contributed by atoms with Crippen molar-refractivity contribution in [3.05, 3.63) is 35.9 Å². The fourth-order valence-corrected chi connectivity index (χ4v) is 3.12. The molecule has 1 aromatic heterocycles. The van der Waals surface area contributed by atoms with Crippen LogP contribution < -0.4 is 9.80 Å². The third-order valence-electron chi connectivity index (χ3n) is 4.13. The van der Waals surface area contributed by atoms with Gasteiger partial charge in [-0.3, -0.25) is 0 Å². The van der Waals surface area contributed by atoms with Crippen LogP contribution in [-0.4, -0.2) is 49.5 Å². The van der Waals surface area contributed by atoms with Crippen molar-refractivity contribution in [2.75, 3.05) is 44.4 Å². The lowest BCUT2D eigenvalue weighted by Crippen LogP contribution is -3.12. The summed E-state index contributed by atoms with van der Waals surface area (Å²) < 4.78 is 0. The van der Waals surface area contributed by atoms with Gasteiger partial charge in [-0.25, -0.2) is 9.97 Å². The molecule has 2 heterocycles. The molecule has 3 rings (SSSR count). The fraction of sp³-hybridized carbons (Fsp3) is 0.353. The molecule has 0 spiro atoms. The zero-order valence-corrected chi connectivity index (χ0v) is 14.2. The van der Waals surface area contributed by atoms with E-state index in [1.54, 1.807) is 0 Å². The number of thioether (sulfide) groups is 1. The lowest BCUT2D eigenvalue weighted by Gasteiger charge is -2.31. The molecule has 23 heavy (non-hydrogen) atoms. The first kappa shape index (κ1) is 15.8. The number of hydrogen-bond donors (Lipinski definition) is 1. The second-order valence-electron chi connectivity index (χ2n) is 5.68. The quantitative estimate of drug-likeness (QED) is 0.675. The maximum absolute atomic E-state index is 9.74. The van der Waals surface area contributed by atoms with E-state index in [1.807, 2.05) is 36.6 Å². The number of rotatable bonds is 3. The van der Waals surface area contributed by atoms with Crippen molar-refractivity contribution >= 4 is 17.6 Å². The summed E-state index contributed by atoms with van der Waals surface area (Å²) in [6.45, 7) is 3.95. The predicted octanol–water partition coefficient (Wildman–Crippen LogP) is 1.07. The van der Waals surface area contributed by atoms with Gasteiger partial charge in [-0.1, -0.05) is 42.1 Å². The Kier molecular flexibility index (Phi) is 4.79. The minimum atomic E-state index is 0.577. The van der Waals surface area contributed by atoms with Crippen LogP contribution in [0.25, 0.3) is 11.3 Å². The van der Waals surface area contributed by atoms with Crippen molar-refractivity contribution in [3.63, 3.8) is 0 Å². The minimum Gasteiger partial charge on any atom is -0.344 e. The number of nitrogens with one attached hydrogen (secondary N) is 1. The van der Waals surface area contributed by atoms with E-state index >= 15 is 0 Å². The van der Waals surface area contributed by atoms with E-state index in [9.17, 15) is 5.26 Å². The van der Waals surface area contributed by atoms with Gasteiger partial charge in [-0.15, -0.1) is 0 Å². The Morgan fingerprint density at radius 3 is 2.48 bits per heavy atom. The molecular formula is C17H20N5S+. The van der Waals surface area contributed by atoms with Crippen LogP contribution in [0.2, 0.25) is 0 Å². The predicted molar refractivity (Wildman–Crippen MR) is 92.8 cm³/mol. The average Bonchev–Trinajstić information content (AvgIpc) is 2.62. The Bertz CT molecular complexity index is 718. The fourth-order valence-electron chi connectivity index (χ4n) is 2.76. The number of benzene rings is 1. The molecule has 1 aliphatic rings. The SMILES string of the molecule is CSc1nc(-c2ccccc2)c(C#N)c(N2CC[NH+](C)CC2)n1. The van der Waals surface area contributed by atoms with Gasteiger partial charge in [0.2, 0.25) is 0 Å². The Morgan fingerprint density at radius 1 is 1.17 bits per heavy atom. The van der Waals surface area contributed by atoms with Crippen LogP contribution in [0.1, 0.15) is 5.56 Å². The van der Waals surface area contributed by atoms with E-state index in [1.165, 1.54) is 16.7 Å². The second kappa shape index (κ2) is 6.99. The summed E-state index contributed by atoms with van der Waals surface area (Å²) in [4.78, 5) is 13.0. The molecule has 0 bridgehead atoms. The smallest absolute Gasteiger partial charge is 0.189 e. The van der Waals surface area contributed by atoms with Crippen LogP contribution in [-0.2, 0) is 0 Å². The lowest BCUT2D eigenvalue weighted by atomic mass is 10.1. The Hall–Kier alpha value is -2.10. The highest BCUT2D eigenvalue weighted by Crippen LogP contribution is 2.30. The molecule has 1 aromatic carbocycles. The normalized spacial score (nSPS) is 15.4. The van der Waals surface area contributed by atoms with Crippen molar-refractivity contribution in [2.45, 2.75) is 5.16 Å². The first-order chi connectivity index (χ1) is 11.2.